The maximum absolute atomic E-state index is 14.2. The molecule has 0 atom stereocenters. The van der Waals surface area contributed by atoms with Crippen molar-refractivity contribution in [2.45, 2.75) is 6.36 Å². The molecule has 0 spiro atoms. The van der Waals surface area contributed by atoms with Crippen LogP contribution in [0.4, 0.5) is 33.5 Å². The summed E-state index contributed by atoms with van der Waals surface area (Å²) in [6.07, 6.45) is -3.51. The molecule has 11 heteroatoms. The highest BCUT2D eigenvalue weighted by atomic mass is 19.4. The van der Waals surface area contributed by atoms with Gasteiger partial charge in [-0.05, 0) is 36.4 Å². The Kier molecular flexibility index (Phi) is 4.65. The highest BCUT2D eigenvalue weighted by Crippen LogP contribution is 2.34. The zero-order valence-electron chi connectivity index (χ0n) is 14.8. The molecule has 2 aromatic heterocycles. The lowest BCUT2D eigenvalue weighted by molar-refractivity contribution is -0.274. The van der Waals surface area contributed by atoms with Gasteiger partial charge < -0.3 is 20.1 Å². The van der Waals surface area contributed by atoms with E-state index in [-0.39, 0.29) is 34.1 Å². The maximum atomic E-state index is 14.2. The van der Waals surface area contributed by atoms with Crippen molar-refractivity contribution in [3.63, 3.8) is 0 Å². The number of H-pyrrole nitrogens is 1. The second-order valence-electron chi connectivity index (χ2n) is 6.09. The Labute approximate surface area is 165 Å². The molecule has 154 valence electrons. The molecule has 0 radical (unpaired) electrons. The predicted octanol–water partition coefficient (Wildman–Crippen LogP) is 5.25. The minimum absolute atomic E-state index is 0.0131. The summed E-state index contributed by atoms with van der Waals surface area (Å²) in [6.45, 7) is 0. The van der Waals surface area contributed by atoms with Crippen molar-refractivity contribution >= 4 is 22.4 Å². The summed E-state index contributed by atoms with van der Waals surface area (Å²) in [7, 11) is 0. The molecular formula is C19H11F5N4O2. The predicted molar refractivity (Wildman–Crippen MR) is 97.3 cm³/mol. The fraction of sp³-hybridized carbons (Fsp3) is 0.0526. The van der Waals surface area contributed by atoms with Crippen LogP contribution in [0.15, 0.2) is 48.7 Å². The van der Waals surface area contributed by atoms with Crippen LogP contribution in [0.1, 0.15) is 0 Å². The van der Waals surface area contributed by atoms with E-state index in [0.29, 0.717) is 0 Å². The highest BCUT2D eigenvalue weighted by molar-refractivity contribution is 5.96. The first-order chi connectivity index (χ1) is 14.2. The summed E-state index contributed by atoms with van der Waals surface area (Å²) in [5.41, 5.74) is -0.0122. The Balaban J connectivity index is 1.76. The van der Waals surface area contributed by atoms with Crippen molar-refractivity contribution in [2.24, 2.45) is 0 Å². The first-order valence-electron chi connectivity index (χ1n) is 8.36. The number of nitrogens with zero attached hydrogens (tertiary/aromatic N) is 2. The summed E-state index contributed by atoms with van der Waals surface area (Å²) in [5.74, 6) is -2.79. The van der Waals surface area contributed by atoms with E-state index in [9.17, 15) is 27.1 Å². The first-order valence-corrected chi connectivity index (χ1v) is 8.36. The first kappa shape index (κ1) is 19.4. The van der Waals surface area contributed by atoms with Crippen LogP contribution in [0, 0.1) is 11.6 Å². The van der Waals surface area contributed by atoms with E-state index in [1.807, 2.05) is 0 Å². The van der Waals surface area contributed by atoms with Crippen molar-refractivity contribution in [3.8, 4) is 23.0 Å². The third-order valence-electron chi connectivity index (χ3n) is 4.06. The summed E-state index contributed by atoms with van der Waals surface area (Å²) in [4.78, 5) is 10.7. The molecule has 4 rings (SSSR count). The zero-order chi connectivity index (χ0) is 21.5. The number of halogens is 5. The molecule has 0 saturated carbocycles. The number of nitrogens with one attached hydrogen (secondary N) is 2. The molecule has 3 N–H and O–H groups in total. The van der Waals surface area contributed by atoms with Crippen LogP contribution in [0.5, 0.6) is 11.6 Å². The van der Waals surface area contributed by atoms with Gasteiger partial charge in [-0.1, -0.05) is 6.07 Å². The summed E-state index contributed by atoms with van der Waals surface area (Å²) in [5, 5.41) is 13.0. The number of hydrogen-bond donors (Lipinski definition) is 3. The van der Waals surface area contributed by atoms with Crippen LogP contribution in [0.2, 0.25) is 0 Å². The van der Waals surface area contributed by atoms with Crippen molar-refractivity contribution in [3.05, 3.63) is 60.3 Å². The minimum Gasteiger partial charge on any atom is -0.494 e. The van der Waals surface area contributed by atoms with E-state index in [1.165, 1.54) is 24.4 Å². The number of hydrogen-bond acceptors (Lipinski definition) is 5. The number of aromatic hydroxyl groups is 1. The molecule has 30 heavy (non-hydrogen) atoms. The molecule has 0 unspecified atom stereocenters. The average Bonchev–Trinajstić information content (AvgIpc) is 3.03. The van der Waals surface area contributed by atoms with Gasteiger partial charge in [0, 0.05) is 11.9 Å². The van der Waals surface area contributed by atoms with Gasteiger partial charge in [-0.25, -0.2) is 18.7 Å². The van der Waals surface area contributed by atoms with Crippen LogP contribution >= 0.6 is 0 Å². The van der Waals surface area contributed by atoms with E-state index in [1.54, 1.807) is 0 Å². The van der Waals surface area contributed by atoms with Gasteiger partial charge in [0.25, 0.3) is 0 Å². The van der Waals surface area contributed by atoms with E-state index < -0.39 is 29.3 Å². The number of ether oxygens (including phenoxy) is 1. The van der Waals surface area contributed by atoms with Gasteiger partial charge in [0.05, 0.1) is 11.1 Å². The third-order valence-corrected chi connectivity index (χ3v) is 4.06. The van der Waals surface area contributed by atoms with Crippen molar-refractivity contribution in [2.75, 3.05) is 5.32 Å². The SMILES string of the molecule is Oc1[nH]cc2nc(-c3c(F)cccc3F)nc(Nc3ccc(OC(F)(F)F)cc3)c12. The van der Waals surface area contributed by atoms with Crippen molar-refractivity contribution in [1.82, 2.24) is 15.0 Å². The zero-order valence-corrected chi connectivity index (χ0v) is 14.8. The quantitative estimate of drug-likeness (QED) is 0.391. The Bertz CT molecular complexity index is 1200. The lowest BCUT2D eigenvalue weighted by Gasteiger charge is -2.12. The van der Waals surface area contributed by atoms with Gasteiger partial charge in [-0.15, -0.1) is 13.2 Å². The summed E-state index contributed by atoms with van der Waals surface area (Å²) in [6, 6.07) is 7.99. The number of aromatic nitrogens is 3. The Morgan fingerprint density at radius 1 is 0.967 bits per heavy atom. The van der Waals surface area contributed by atoms with Crippen molar-refractivity contribution in [1.29, 1.82) is 0 Å². The minimum atomic E-state index is -4.83. The van der Waals surface area contributed by atoms with Gasteiger partial charge in [0.15, 0.2) is 5.82 Å². The van der Waals surface area contributed by atoms with Crippen LogP contribution in [0.3, 0.4) is 0 Å². The number of rotatable bonds is 4. The molecule has 4 aromatic rings. The van der Waals surface area contributed by atoms with Gasteiger partial charge in [0.1, 0.15) is 28.6 Å². The molecule has 0 aliphatic rings. The third kappa shape index (κ3) is 3.81. The lowest BCUT2D eigenvalue weighted by atomic mass is 10.1. The van der Waals surface area contributed by atoms with E-state index in [4.69, 9.17) is 0 Å². The van der Waals surface area contributed by atoms with Gasteiger partial charge in [-0.2, -0.15) is 0 Å². The lowest BCUT2D eigenvalue weighted by Crippen LogP contribution is -2.16. The Morgan fingerprint density at radius 3 is 2.27 bits per heavy atom. The molecule has 6 nitrogen and oxygen atoms in total. The molecule has 0 amide bonds. The fourth-order valence-electron chi connectivity index (χ4n) is 2.82. The van der Waals surface area contributed by atoms with Crippen LogP contribution in [-0.2, 0) is 0 Å². The van der Waals surface area contributed by atoms with Crippen molar-refractivity contribution < 1.29 is 31.8 Å². The summed E-state index contributed by atoms with van der Waals surface area (Å²) >= 11 is 0. The fourth-order valence-corrected chi connectivity index (χ4v) is 2.82. The Hall–Kier alpha value is -3.89. The van der Waals surface area contributed by atoms with E-state index >= 15 is 0 Å². The smallest absolute Gasteiger partial charge is 0.494 e. The van der Waals surface area contributed by atoms with Gasteiger partial charge in [0.2, 0.25) is 5.88 Å². The molecule has 0 bridgehead atoms. The van der Waals surface area contributed by atoms with E-state index in [2.05, 4.69) is 25.0 Å². The molecular weight excluding hydrogens is 411 g/mol. The largest absolute Gasteiger partial charge is 0.573 e. The molecule has 0 saturated heterocycles. The van der Waals surface area contributed by atoms with E-state index in [0.717, 1.165) is 24.3 Å². The average molecular weight is 422 g/mol. The Morgan fingerprint density at radius 2 is 1.63 bits per heavy atom. The standard InChI is InChI=1S/C19H11F5N4O2/c20-11-2-1-3-12(21)14(11)16-27-13-8-25-18(29)15(13)17(28-16)26-9-4-6-10(7-5-9)30-19(22,23)24/h1-8,25,29H,(H,26,27,28). The number of benzene rings is 2. The van der Waals surface area contributed by atoms with Crippen LogP contribution in [-0.4, -0.2) is 26.4 Å². The summed E-state index contributed by atoms with van der Waals surface area (Å²) < 4.78 is 69.0. The molecule has 0 aliphatic carbocycles. The molecule has 0 fully saturated rings. The number of anilines is 2. The highest BCUT2D eigenvalue weighted by Gasteiger charge is 2.31. The monoisotopic (exact) mass is 422 g/mol. The molecule has 2 aromatic carbocycles. The topological polar surface area (TPSA) is 83.1 Å². The van der Waals surface area contributed by atoms with Gasteiger partial charge in [-0.3, -0.25) is 0 Å². The maximum Gasteiger partial charge on any atom is 0.573 e. The van der Waals surface area contributed by atoms with Crippen LogP contribution < -0.4 is 10.1 Å². The van der Waals surface area contributed by atoms with Gasteiger partial charge >= 0.3 is 6.36 Å². The second kappa shape index (κ2) is 7.17. The molecule has 2 heterocycles. The molecule has 0 aliphatic heterocycles. The number of alkyl halides is 3. The second-order valence-corrected chi connectivity index (χ2v) is 6.09. The number of fused-ring (bicyclic) bond motifs is 1. The number of aromatic amines is 1. The van der Waals surface area contributed by atoms with Crippen LogP contribution in [0.25, 0.3) is 22.3 Å². The normalized spacial score (nSPS) is 11.6.